The number of aromatic nitrogens is 2. The fourth-order valence-electron chi connectivity index (χ4n) is 1.06. The molecule has 15 heavy (non-hydrogen) atoms. The normalized spacial score (nSPS) is 10.4. The molecule has 0 bridgehead atoms. The third kappa shape index (κ3) is 4.03. The van der Waals surface area contributed by atoms with Crippen molar-refractivity contribution in [2.75, 3.05) is 27.2 Å². The number of likely N-dealkylation sites (N-methyl/N-ethyl adjacent to an activating group) is 1. The molecule has 0 radical (unpaired) electrons. The van der Waals surface area contributed by atoms with Crippen molar-refractivity contribution < 1.29 is 4.79 Å². The fourth-order valence-corrected chi connectivity index (χ4v) is 1.06. The lowest BCUT2D eigenvalue weighted by Crippen LogP contribution is -2.31. The summed E-state index contributed by atoms with van der Waals surface area (Å²) < 4.78 is 0. The maximum Gasteiger partial charge on any atom is 0.271 e. The summed E-state index contributed by atoms with van der Waals surface area (Å²) in [5, 5.41) is 10.3. The number of rotatable bonds is 4. The van der Waals surface area contributed by atoms with Gasteiger partial charge in [0.2, 0.25) is 0 Å². The number of amides is 1. The van der Waals surface area contributed by atoms with Gasteiger partial charge < -0.3 is 10.2 Å². The van der Waals surface area contributed by atoms with Crippen LogP contribution in [0.5, 0.6) is 0 Å². The van der Waals surface area contributed by atoms with E-state index in [2.05, 4.69) is 15.5 Å². The van der Waals surface area contributed by atoms with Gasteiger partial charge in [-0.15, -0.1) is 5.10 Å². The lowest BCUT2D eigenvalue weighted by molar-refractivity contribution is 0.0945. The molecule has 5 nitrogen and oxygen atoms in total. The number of aryl methyl sites for hydroxylation is 1. The molecule has 0 unspecified atom stereocenters. The third-order valence-corrected chi connectivity index (χ3v) is 1.87. The summed E-state index contributed by atoms with van der Waals surface area (Å²) in [5.74, 6) is -0.173. The maximum atomic E-state index is 11.5. The maximum absolute atomic E-state index is 11.5. The van der Waals surface area contributed by atoms with Crippen molar-refractivity contribution in [3.63, 3.8) is 0 Å². The van der Waals surface area contributed by atoms with E-state index in [9.17, 15) is 4.79 Å². The van der Waals surface area contributed by atoms with E-state index >= 15 is 0 Å². The molecule has 1 heterocycles. The fraction of sp³-hybridized carbons (Fsp3) is 0.500. The summed E-state index contributed by atoms with van der Waals surface area (Å²) in [6.07, 6.45) is 1.62. The number of hydrogen-bond acceptors (Lipinski definition) is 4. The molecule has 1 aromatic heterocycles. The average Bonchev–Trinajstić information content (AvgIpc) is 2.17. The van der Waals surface area contributed by atoms with Gasteiger partial charge in [-0.25, -0.2) is 0 Å². The first-order chi connectivity index (χ1) is 7.09. The Labute approximate surface area is 89.5 Å². The Morgan fingerprint density at radius 2 is 2.27 bits per heavy atom. The van der Waals surface area contributed by atoms with Crippen LogP contribution in [0.3, 0.4) is 0 Å². The highest BCUT2D eigenvalue weighted by Crippen LogP contribution is 1.96. The molecule has 82 valence electrons. The summed E-state index contributed by atoms with van der Waals surface area (Å²) in [6, 6.07) is 1.72. The number of carbonyl (C=O) groups excluding carboxylic acids is 1. The van der Waals surface area contributed by atoms with E-state index in [1.165, 1.54) is 0 Å². The van der Waals surface area contributed by atoms with Crippen molar-refractivity contribution in [2.45, 2.75) is 6.92 Å². The van der Waals surface area contributed by atoms with Crippen LogP contribution in [0.15, 0.2) is 12.3 Å². The lowest BCUT2D eigenvalue weighted by Gasteiger charge is -2.09. The van der Waals surface area contributed by atoms with Gasteiger partial charge in [0.15, 0.2) is 5.69 Å². The number of carbonyl (C=O) groups is 1. The molecule has 0 atom stereocenters. The van der Waals surface area contributed by atoms with Gasteiger partial charge in [-0.05, 0) is 32.6 Å². The van der Waals surface area contributed by atoms with Gasteiger partial charge in [-0.1, -0.05) is 0 Å². The standard InChI is InChI=1S/C10H16N4O/c1-8-6-9(13-12-7-8)10(15)11-4-5-14(2)3/h6-7H,4-5H2,1-3H3,(H,11,15). The molecule has 1 aromatic rings. The summed E-state index contributed by atoms with van der Waals surface area (Å²) in [5.41, 5.74) is 1.30. The predicted molar refractivity (Wildman–Crippen MR) is 57.7 cm³/mol. The van der Waals surface area contributed by atoms with Crippen LogP contribution in [0, 0.1) is 6.92 Å². The lowest BCUT2D eigenvalue weighted by atomic mass is 10.3. The zero-order valence-electron chi connectivity index (χ0n) is 9.32. The molecule has 5 heteroatoms. The summed E-state index contributed by atoms with van der Waals surface area (Å²) in [7, 11) is 3.91. The smallest absolute Gasteiger partial charge is 0.271 e. The van der Waals surface area contributed by atoms with E-state index < -0.39 is 0 Å². The number of nitrogens with one attached hydrogen (secondary N) is 1. The van der Waals surface area contributed by atoms with Crippen LogP contribution < -0.4 is 5.32 Å². The Balaban J connectivity index is 2.47. The first-order valence-electron chi connectivity index (χ1n) is 4.82. The van der Waals surface area contributed by atoms with Crippen molar-refractivity contribution in [3.05, 3.63) is 23.5 Å². The molecule has 0 saturated heterocycles. The zero-order chi connectivity index (χ0) is 11.3. The minimum Gasteiger partial charge on any atom is -0.349 e. The zero-order valence-corrected chi connectivity index (χ0v) is 9.32. The van der Waals surface area contributed by atoms with Crippen molar-refractivity contribution in [1.29, 1.82) is 0 Å². The molecule has 0 aliphatic carbocycles. The second-order valence-corrected chi connectivity index (χ2v) is 3.68. The van der Waals surface area contributed by atoms with Gasteiger partial charge in [-0.3, -0.25) is 4.79 Å². The summed E-state index contributed by atoms with van der Waals surface area (Å²) in [4.78, 5) is 13.5. The Kier molecular flexibility index (Phi) is 4.17. The molecule has 0 aliphatic rings. The Morgan fingerprint density at radius 3 is 2.87 bits per heavy atom. The van der Waals surface area contributed by atoms with Crippen LogP contribution in [-0.4, -0.2) is 48.2 Å². The topological polar surface area (TPSA) is 58.1 Å². The monoisotopic (exact) mass is 208 g/mol. The Hall–Kier alpha value is -1.49. The molecule has 0 aromatic carbocycles. The largest absolute Gasteiger partial charge is 0.349 e. The van der Waals surface area contributed by atoms with Crippen LogP contribution in [0.2, 0.25) is 0 Å². The first kappa shape index (κ1) is 11.6. The Bertz CT molecular complexity index is 338. The van der Waals surface area contributed by atoms with E-state index in [-0.39, 0.29) is 5.91 Å². The second-order valence-electron chi connectivity index (χ2n) is 3.68. The molecule has 0 saturated carbocycles. The van der Waals surface area contributed by atoms with Crippen molar-refractivity contribution in [3.8, 4) is 0 Å². The van der Waals surface area contributed by atoms with Gasteiger partial charge in [0.05, 0.1) is 6.20 Å². The van der Waals surface area contributed by atoms with Crippen LogP contribution >= 0.6 is 0 Å². The van der Waals surface area contributed by atoms with Gasteiger partial charge in [0, 0.05) is 13.1 Å². The van der Waals surface area contributed by atoms with Crippen molar-refractivity contribution in [2.24, 2.45) is 0 Å². The van der Waals surface area contributed by atoms with E-state index in [1.54, 1.807) is 12.3 Å². The highest BCUT2D eigenvalue weighted by molar-refractivity contribution is 5.92. The van der Waals surface area contributed by atoms with Crippen molar-refractivity contribution >= 4 is 5.91 Å². The molecular weight excluding hydrogens is 192 g/mol. The molecular formula is C10H16N4O. The highest BCUT2D eigenvalue weighted by Gasteiger charge is 2.06. The van der Waals surface area contributed by atoms with E-state index in [1.807, 2.05) is 25.9 Å². The quantitative estimate of drug-likeness (QED) is 0.761. The minimum absolute atomic E-state index is 0.173. The third-order valence-electron chi connectivity index (χ3n) is 1.87. The Morgan fingerprint density at radius 1 is 1.53 bits per heavy atom. The number of nitrogens with zero attached hydrogens (tertiary/aromatic N) is 3. The highest BCUT2D eigenvalue weighted by atomic mass is 16.1. The van der Waals surface area contributed by atoms with Crippen LogP contribution in [0.25, 0.3) is 0 Å². The number of hydrogen-bond donors (Lipinski definition) is 1. The van der Waals surface area contributed by atoms with Gasteiger partial charge >= 0.3 is 0 Å². The summed E-state index contributed by atoms with van der Waals surface area (Å²) in [6.45, 7) is 3.30. The summed E-state index contributed by atoms with van der Waals surface area (Å²) >= 11 is 0. The van der Waals surface area contributed by atoms with Crippen LogP contribution in [0.4, 0.5) is 0 Å². The van der Waals surface area contributed by atoms with Gasteiger partial charge in [0.25, 0.3) is 5.91 Å². The van der Waals surface area contributed by atoms with Crippen LogP contribution in [0.1, 0.15) is 16.1 Å². The molecule has 0 aliphatic heterocycles. The molecule has 1 amide bonds. The first-order valence-corrected chi connectivity index (χ1v) is 4.82. The molecule has 1 rings (SSSR count). The van der Waals surface area contributed by atoms with E-state index in [0.29, 0.717) is 12.2 Å². The second kappa shape index (κ2) is 5.41. The molecule has 1 N–H and O–H groups in total. The SMILES string of the molecule is Cc1cnnc(C(=O)NCCN(C)C)c1. The average molecular weight is 208 g/mol. The molecule has 0 spiro atoms. The van der Waals surface area contributed by atoms with E-state index in [4.69, 9.17) is 0 Å². The van der Waals surface area contributed by atoms with Gasteiger partial charge in [-0.2, -0.15) is 5.10 Å². The van der Waals surface area contributed by atoms with E-state index in [0.717, 1.165) is 12.1 Å². The van der Waals surface area contributed by atoms with Crippen molar-refractivity contribution in [1.82, 2.24) is 20.4 Å². The predicted octanol–water partition coefficient (Wildman–Crippen LogP) is 0.0764. The van der Waals surface area contributed by atoms with Gasteiger partial charge in [0.1, 0.15) is 0 Å². The minimum atomic E-state index is -0.173. The molecule has 0 fully saturated rings. The van der Waals surface area contributed by atoms with Crippen LogP contribution in [-0.2, 0) is 0 Å².